The lowest BCUT2D eigenvalue weighted by atomic mass is 9.81. The number of piperidine rings is 2. The van der Waals surface area contributed by atoms with Gasteiger partial charge in [-0.25, -0.2) is 8.78 Å². The van der Waals surface area contributed by atoms with Crippen LogP contribution >= 0.6 is 0 Å². The van der Waals surface area contributed by atoms with Crippen LogP contribution in [0.4, 0.5) is 14.6 Å². The molecule has 3 atom stereocenters. The van der Waals surface area contributed by atoms with Crippen LogP contribution in [0, 0.1) is 0 Å². The molecule has 9 heteroatoms. The summed E-state index contributed by atoms with van der Waals surface area (Å²) < 4.78 is 28.0. The van der Waals surface area contributed by atoms with Crippen molar-refractivity contribution in [2.75, 3.05) is 11.4 Å². The van der Waals surface area contributed by atoms with Crippen molar-refractivity contribution in [3.8, 4) is 28.3 Å². The number of phenols is 1. The molecule has 1 unspecified atom stereocenters. The van der Waals surface area contributed by atoms with Gasteiger partial charge in [-0.1, -0.05) is 6.07 Å². The van der Waals surface area contributed by atoms with E-state index in [1.807, 2.05) is 24.3 Å². The number of halogens is 2. The first-order valence-electron chi connectivity index (χ1n) is 11.8. The maximum Gasteiger partial charge on any atom is 0.251 e. The fraction of sp³-hybridized carbons (Fsp3) is 0.440. The lowest BCUT2D eigenvalue weighted by molar-refractivity contribution is -0.0670. The number of fused-ring (bicyclic) bond motifs is 3. The molecule has 3 aliphatic heterocycles. The predicted molar refractivity (Wildman–Crippen MR) is 124 cm³/mol. The molecule has 2 saturated heterocycles. The number of aryl methyl sites for hydroxylation is 1. The van der Waals surface area contributed by atoms with Crippen molar-refractivity contribution in [3.63, 3.8) is 0 Å². The average molecular weight is 465 g/mol. The Morgan fingerprint density at radius 1 is 1.00 bits per heavy atom. The minimum atomic E-state index is -2.56. The third-order valence-electron chi connectivity index (χ3n) is 7.22. The summed E-state index contributed by atoms with van der Waals surface area (Å²) in [6.45, 7) is 0.861. The van der Waals surface area contributed by atoms with E-state index in [2.05, 4.69) is 30.6 Å². The number of phenolic OH excluding ortho intramolecular Hbond substituents is 1. The summed E-state index contributed by atoms with van der Waals surface area (Å²) in [5.41, 5.74) is 3.77. The maximum atomic E-state index is 14.0. The Labute approximate surface area is 196 Å². The summed E-state index contributed by atoms with van der Waals surface area (Å²) in [6, 6.07) is 10.9. The monoisotopic (exact) mass is 464 g/mol. The summed E-state index contributed by atoms with van der Waals surface area (Å²) in [7, 11) is 0. The van der Waals surface area contributed by atoms with E-state index in [0.717, 1.165) is 36.3 Å². The fourth-order valence-electron chi connectivity index (χ4n) is 5.81. The number of rotatable bonds is 3. The molecule has 6 rings (SSSR count). The number of hydrogen-bond acceptors (Lipinski definition) is 7. The third-order valence-corrected chi connectivity index (χ3v) is 7.22. The van der Waals surface area contributed by atoms with Gasteiger partial charge in [-0.05, 0) is 61.6 Å². The Bertz CT molecular complexity index is 1190. The van der Waals surface area contributed by atoms with Gasteiger partial charge >= 0.3 is 0 Å². The van der Waals surface area contributed by atoms with Gasteiger partial charge < -0.3 is 15.3 Å². The number of benzene rings is 1. The highest BCUT2D eigenvalue weighted by Gasteiger charge is 2.46. The van der Waals surface area contributed by atoms with Crippen molar-refractivity contribution in [2.24, 2.45) is 0 Å². The van der Waals surface area contributed by atoms with Gasteiger partial charge in [0, 0.05) is 54.8 Å². The highest BCUT2D eigenvalue weighted by atomic mass is 19.3. The molecule has 0 spiro atoms. The largest absolute Gasteiger partial charge is 0.507 e. The van der Waals surface area contributed by atoms with E-state index >= 15 is 0 Å². The molecule has 2 bridgehead atoms. The van der Waals surface area contributed by atoms with Gasteiger partial charge in [0.25, 0.3) is 5.92 Å². The summed E-state index contributed by atoms with van der Waals surface area (Å²) in [4.78, 5) is 2.27. The van der Waals surface area contributed by atoms with Crippen molar-refractivity contribution in [3.05, 3.63) is 48.2 Å². The molecule has 0 aliphatic carbocycles. The van der Waals surface area contributed by atoms with E-state index < -0.39 is 5.92 Å². The minimum Gasteiger partial charge on any atom is -0.507 e. The van der Waals surface area contributed by atoms with Crippen LogP contribution in [0.25, 0.3) is 22.5 Å². The highest BCUT2D eigenvalue weighted by Crippen LogP contribution is 2.40. The number of anilines is 1. The van der Waals surface area contributed by atoms with Gasteiger partial charge in [0.2, 0.25) is 0 Å². The summed E-state index contributed by atoms with van der Waals surface area (Å²) >= 11 is 0. The smallest absolute Gasteiger partial charge is 0.251 e. The first-order chi connectivity index (χ1) is 16.4. The molecule has 1 aromatic carbocycles. The highest BCUT2D eigenvalue weighted by molar-refractivity contribution is 5.73. The van der Waals surface area contributed by atoms with Crippen LogP contribution in [-0.2, 0) is 6.42 Å². The molecular formula is C25H26F2N6O. The van der Waals surface area contributed by atoms with Gasteiger partial charge in [0.1, 0.15) is 5.75 Å². The second-order valence-corrected chi connectivity index (χ2v) is 9.67. The SMILES string of the molecule is Oc1cc(-c2cccnn2)ccc1-c1cc2c(nn1)N(C1C[C@@H]3CC(F)(F)C[C@H](C1)N3)CCC2. The zero-order chi connectivity index (χ0) is 23.3. The molecule has 2 fully saturated rings. The van der Waals surface area contributed by atoms with Gasteiger partial charge in [0.15, 0.2) is 5.82 Å². The lowest BCUT2D eigenvalue weighted by Crippen LogP contribution is -2.59. The molecule has 0 saturated carbocycles. The minimum absolute atomic E-state index is 0.0881. The average Bonchev–Trinajstić information content (AvgIpc) is 2.82. The van der Waals surface area contributed by atoms with Crippen LogP contribution in [0.3, 0.4) is 0 Å². The first-order valence-corrected chi connectivity index (χ1v) is 11.8. The molecule has 0 radical (unpaired) electrons. The second kappa shape index (κ2) is 8.23. The molecule has 5 heterocycles. The second-order valence-electron chi connectivity index (χ2n) is 9.67. The van der Waals surface area contributed by atoms with E-state index in [1.54, 1.807) is 18.3 Å². The van der Waals surface area contributed by atoms with Crippen LogP contribution in [-0.4, -0.2) is 56.1 Å². The Morgan fingerprint density at radius 3 is 2.56 bits per heavy atom. The van der Waals surface area contributed by atoms with E-state index in [0.29, 0.717) is 29.8 Å². The molecule has 0 amide bonds. The van der Waals surface area contributed by atoms with Crippen LogP contribution in [0.15, 0.2) is 42.6 Å². The number of aromatic hydroxyl groups is 1. The van der Waals surface area contributed by atoms with Crippen LogP contribution < -0.4 is 10.2 Å². The molecule has 2 N–H and O–H groups in total. The Hall–Kier alpha value is -3.20. The summed E-state index contributed by atoms with van der Waals surface area (Å²) in [5.74, 6) is -1.61. The van der Waals surface area contributed by atoms with Gasteiger partial charge in [0.05, 0.1) is 11.4 Å². The molecule has 34 heavy (non-hydrogen) atoms. The molecule has 3 aromatic rings. The predicted octanol–water partition coefficient (Wildman–Crippen LogP) is 3.98. The fourth-order valence-corrected chi connectivity index (χ4v) is 5.81. The maximum absolute atomic E-state index is 14.0. The van der Waals surface area contributed by atoms with Crippen molar-refractivity contribution in [1.29, 1.82) is 0 Å². The first kappa shape index (κ1) is 21.3. The molecule has 2 aromatic heterocycles. The third kappa shape index (κ3) is 3.98. The Kier molecular flexibility index (Phi) is 5.17. The zero-order valence-electron chi connectivity index (χ0n) is 18.7. The number of hydrogen-bond donors (Lipinski definition) is 2. The molecule has 176 valence electrons. The molecule has 3 aliphatic rings. The van der Waals surface area contributed by atoms with Gasteiger partial charge in [-0.15, -0.1) is 10.2 Å². The van der Waals surface area contributed by atoms with Crippen molar-refractivity contribution in [2.45, 2.75) is 62.6 Å². The van der Waals surface area contributed by atoms with Gasteiger partial charge in [-0.3, -0.25) is 0 Å². The summed E-state index contributed by atoms with van der Waals surface area (Å²) in [5, 5.41) is 31.1. The van der Waals surface area contributed by atoms with Gasteiger partial charge in [-0.2, -0.15) is 10.2 Å². The van der Waals surface area contributed by atoms with Crippen LogP contribution in [0.5, 0.6) is 5.75 Å². The number of nitrogens with one attached hydrogen (secondary N) is 1. The standard InChI is InChI=1S/C25H26F2N6O/c26-25(27)13-17-11-19(12-18(14-25)29-17)33-8-2-3-16-9-22(31-32-24(16)33)20-6-5-15(10-23(20)34)21-4-1-7-28-30-21/h1,4-7,9-10,17-19,29,34H,2-3,8,11-14H2/t17-,18+,19?. The van der Waals surface area contributed by atoms with Crippen molar-refractivity contribution in [1.82, 2.24) is 25.7 Å². The topological polar surface area (TPSA) is 87.1 Å². The van der Waals surface area contributed by atoms with Crippen LogP contribution in [0.1, 0.15) is 37.7 Å². The van der Waals surface area contributed by atoms with E-state index in [4.69, 9.17) is 0 Å². The van der Waals surface area contributed by atoms with Crippen molar-refractivity contribution >= 4 is 5.82 Å². The van der Waals surface area contributed by atoms with Crippen molar-refractivity contribution < 1.29 is 13.9 Å². The quantitative estimate of drug-likeness (QED) is 0.606. The lowest BCUT2D eigenvalue weighted by Gasteiger charge is -2.47. The molecular weight excluding hydrogens is 438 g/mol. The van der Waals surface area contributed by atoms with E-state index in [1.165, 1.54) is 0 Å². The van der Waals surface area contributed by atoms with E-state index in [-0.39, 0.29) is 36.7 Å². The Morgan fingerprint density at radius 2 is 1.82 bits per heavy atom. The number of nitrogens with zero attached hydrogens (tertiary/aromatic N) is 5. The zero-order valence-corrected chi connectivity index (χ0v) is 18.7. The van der Waals surface area contributed by atoms with Crippen LogP contribution in [0.2, 0.25) is 0 Å². The molecule has 7 nitrogen and oxygen atoms in total. The number of alkyl halides is 2. The van der Waals surface area contributed by atoms with E-state index in [9.17, 15) is 13.9 Å². The normalized spacial score (nSPS) is 25.6. The Balaban J connectivity index is 1.26. The summed E-state index contributed by atoms with van der Waals surface area (Å²) in [6.07, 6.45) is 4.67. The number of aromatic nitrogens is 4.